The molecule has 5 nitrogen and oxygen atoms in total. The molecule has 0 fully saturated rings. The fraction of sp³-hybridized carbons (Fsp3) is 0.208. The van der Waals surface area contributed by atoms with Crippen molar-refractivity contribution >= 4 is 11.6 Å². The number of amides is 1. The van der Waals surface area contributed by atoms with Crippen LogP contribution in [0, 0.1) is 6.92 Å². The van der Waals surface area contributed by atoms with Crippen LogP contribution in [-0.2, 0) is 11.3 Å². The van der Waals surface area contributed by atoms with E-state index in [4.69, 9.17) is 9.47 Å². The molecule has 29 heavy (non-hydrogen) atoms. The SMILES string of the molecule is COc1ccccc1CN[C@H](C(=O)Nc1cc(C)ccc1OC)c1ccccc1. The molecule has 0 aliphatic rings. The molecule has 0 bridgehead atoms. The molecule has 0 aromatic heterocycles. The van der Waals surface area contributed by atoms with Crippen LogP contribution < -0.4 is 20.1 Å². The highest BCUT2D eigenvalue weighted by Crippen LogP contribution is 2.27. The van der Waals surface area contributed by atoms with Crippen molar-refractivity contribution in [2.24, 2.45) is 0 Å². The van der Waals surface area contributed by atoms with Gasteiger partial charge in [0, 0.05) is 12.1 Å². The van der Waals surface area contributed by atoms with Crippen LogP contribution >= 0.6 is 0 Å². The number of nitrogens with one attached hydrogen (secondary N) is 2. The Balaban J connectivity index is 1.84. The molecule has 2 N–H and O–H groups in total. The predicted molar refractivity (Wildman–Crippen MR) is 115 cm³/mol. The van der Waals surface area contributed by atoms with Gasteiger partial charge in [-0.25, -0.2) is 0 Å². The minimum Gasteiger partial charge on any atom is -0.496 e. The van der Waals surface area contributed by atoms with Crippen LogP contribution in [0.3, 0.4) is 0 Å². The molecule has 3 aromatic carbocycles. The number of hydrogen-bond donors (Lipinski definition) is 2. The van der Waals surface area contributed by atoms with Crippen LogP contribution in [0.5, 0.6) is 11.5 Å². The molecule has 0 heterocycles. The number of carbonyl (C=O) groups is 1. The highest BCUT2D eigenvalue weighted by molar-refractivity contribution is 5.96. The number of rotatable bonds is 8. The zero-order valence-corrected chi connectivity index (χ0v) is 16.9. The Morgan fingerprint density at radius 2 is 1.59 bits per heavy atom. The third-order valence-electron chi connectivity index (χ3n) is 4.70. The van der Waals surface area contributed by atoms with Crippen molar-refractivity contribution in [1.29, 1.82) is 0 Å². The Bertz CT molecular complexity index is 957. The first-order valence-electron chi connectivity index (χ1n) is 9.48. The minimum atomic E-state index is -0.536. The average Bonchev–Trinajstić information content (AvgIpc) is 2.75. The van der Waals surface area contributed by atoms with E-state index in [2.05, 4.69) is 10.6 Å². The molecule has 150 valence electrons. The van der Waals surface area contributed by atoms with Crippen LogP contribution in [0.15, 0.2) is 72.8 Å². The highest BCUT2D eigenvalue weighted by atomic mass is 16.5. The minimum absolute atomic E-state index is 0.157. The van der Waals surface area contributed by atoms with E-state index in [1.165, 1.54) is 0 Å². The number of aryl methyl sites for hydroxylation is 1. The summed E-state index contributed by atoms with van der Waals surface area (Å²) < 4.78 is 10.8. The maximum Gasteiger partial charge on any atom is 0.246 e. The molecule has 0 spiro atoms. The van der Waals surface area contributed by atoms with Crippen LogP contribution in [0.25, 0.3) is 0 Å². The lowest BCUT2D eigenvalue weighted by molar-refractivity contribution is -0.118. The second-order valence-electron chi connectivity index (χ2n) is 6.73. The Hall–Kier alpha value is -3.31. The monoisotopic (exact) mass is 390 g/mol. The van der Waals surface area contributed by atoms with Crippen molar-refractivity contribution in [2.75, 3.05) is 19.5 Å². The van der Waals surface area contributed by atoms with Gasteiger partial charge in [-0.15, -0.1) is 0 Å². The molecule has 0 saturated heterocycles. The third-order valence-corrected chi connectivity index (χ3v) is 4.70. The molecule has 1 atom stereocenters. The van der Waals surface area contributed by atoms with E-state index in [0.717, 1.165) is 22.4 Å². The number of para-hydroxylation sites is 1. The maximum atomic E-state index is 13.2. The Morgan fingerprint density at radius 3 is 2.31 bits per heavy atom. The van der Waals surface area contributed by atoms with E-state index in [-0.39, 0.29) is 5.91 Å². The summed E-state index contributed by atoms with van der Waals surface area (Å²) in [5, 5.41) is 6.37. The zero-order valence-electron chi connectivity index (χ0n) is 16.9. The smallest absolute Gasteiger partial charge is 0.246 e. The van der Waals surface area contributed by atoms with E-state index in [1.807, 2.05) is 79.7 Å². The molecular weight excluding hydrogens is 364 g/mol. The molecule has 0 aliphatic heterocycles. The summed E-state index contributed by atoms with van der Waals surface area (Å²) in [6, 6.07) is 22.6. The van der Waals surface area contributed by atoms with Crippen LogP contribution in [0.1, 0.15) is 22.7 Å². The lowest BCUT2D eigenvalue weighted by Gasteiger charge is -2.21. The molecule has 0 radical (unpaired) electrons. The molecule has 0 saturated carbocycles. The molecule has 0 aliphatic carbocycles. The van der Waals surface area contributed by atoms with Gasteiger partial charge in [-0.3, -0.25) is 10.1 Å². The summed E-state index contributed by atoms with van der Waals surface area (Å²) in [6.07, 6.45) is 0. The molecule has 5 heteroatoms. The summed E-state index contributed by atoms with van der Waals surface area (Å²) in [5.74, 6) is 1.25. The molecule has 3 aromatic rings. The first-order chi connectivity index (χ1) is 14.1. The molecule has 1 amide bonds. The number of benzene rings is 3. The second kappa shape index (κ2) is 9.75. The van der Waals surface area contributed by atoms with Gasteiger partial charge in [0.1, 0.15) is 17.5 Å². The fourth-order valence-corrected chi connectivity index (χ4v) is 3.19. The van der Waals surface area contributed by atoms with Crippen molar-refractivity contribution in [1.82, 2.24) is 5.32 Å². The van der Waals surface area contributed by atoms with Crippen molar-refractivity contribution in [3.05, 3.63) is 89.5 Å². The van der Waals surface area contributed by atoms with Gasteiger partial charge in [-0.2, -0.15) is 0 Å². The summed E-state index contributed by atoms with van der Waals surface area (Å²) in [5.41, 5.74) is 3.56. The van der Waals surface area contributed by atoms with Gasteiger partial charge in [0.05, 0.1) is 19.9 Å². The Labute approximate surface area is 171 Å². The average molecular weight is 390 g/mol. The lowest BCUT2D eigenvalue weighted by Crippen LogP contribution is -2.33. The van der Waals surface area contributed by atoms with E-state index < -0.39 is 6.04 Å². The highest BCUT2D eigenvalue weighted by Gasteiger charge is 2.22. The summed E-state index contributed by atoms with van der Waals surface area (Å²) in [6.45, 7) is 2.46. The van der Waals surface area contributed by atoms with Gasteiger partial charge >= 0.3 is 0 Å². The number of ether oxygens (including phenoxy) is 2. The van der Waals surface area contributed by atoms with Gasteiger partial charge in [-0.1, -0.05) is 54.6 Å². The standard InChI is InChI=1S/C24H26N2O3/c1-17-13-14-22(29-3)20(15-17)26-24(27)23(18-9-5-4-6-10-18)25-16-19-11-7-8-12-21(19)28-2/h4-15,23,25H,16H2,1-3H3,(H,26,27)/t23-/m0/s1. The number of methoxy groups -OCH3 is 2. The van der Waals surface area contributed by atoms with Crippen molar-refractivity contribution in [3.63, 3.8) is 0 Å². The van der Waals surface area contributed by atoms with E-state index >= 15 is 0 Å². The van der Waals surface area contributed by atoms with E-state index in [9.17, 15) is 4.79 Å². The first kappa shape index (κ1) is 20.4. The maximum absolute atomic E-state index is 13.2. The zero-order chi connectivity index (χ0) is 20.6. The van der Waals surface area contributed by atoms with Gasteiger partial charge in [0.25, 0.3) is 0 Å². The first-order valence-corrected chi connectivity index (χ1v) is 9.48. The van der Waals surface area contributed by atoms with Crippen molar-refractivity contribution in [2.45, 2.75) is 19.5 Å². The normalized spacial score (nSPS) is 11.6. The van der Waals surface area contributed by atoms with Crippen LogP contribution in [0.2, 0.25) is 0 Å². The quantitative estimate of drug-likeness (QED) is 0.595. The molecule has 3 rings (SSSR count). The predicted octanol–water partition coefficient (Wildman–Crippen LogP) is 4.48. The molecular formula is C24H26N2O3. The van der Waals surface area contributed by atoms with E-state index in [1.54, 1.807) is 14.2 Å². The van der Waals surface area contributed by atoms with Gasteiger partial charge in [0.15, 0.2) is 0 Å². The third kappa shape index (κ3) is 5.15. The lowest BCUT2D eigenvalue weighted by atomic mass is 10.0. The largest absolute Gasteiger partial charge is 0.496 e. The number of anilines is 1. The second-order valence-corrected chi connectivity index (χ2v) is 6.73. The summed E-state index contributed by atoms with van der Waals surface area (Å²) in [4.78, 5) is 13.2. The van der Waals surface area contributed by atoms with E-state index in [0.29, 0.717) is 18.0 Å². The van der Waals surface area contributed by atoms with Gasteiger partial charge in [0.2, 0.25) is 5.91 Å². The van der Waals surface area contributed by atoms with Gasteiger partial charge < -0.3 is 14.8 Å². The Morgan fingerprint density at radius 1 is 0.897 bits per heavy atom. The van der Waals surface area contributed by atoms with Gasteiger partial charge in [-0.05, 0) is 36.2 Å². The van der Waals surface area contributed by atoms with Crippen molar-refractivity contribution < 1.29 is 14.3 Å². The van der Waals surface area contributed by atoms with Crippen molar-refractivity contribution in [3.8, 4) is 11.5 Å². The fourth-order valence-electron chi connectivity index (χ4n) is 3.19. The van der Waals surface area contributed by atoms with Crippen LogP contribution in [-0.4, -0.2) is 20.1 Å². The number of carbonyl (C=O) groups excluding carboxylic acids is 1. The molecule has 0 unspecified atom stereocenters. The topological polar surface area (TPSA) is 59.6 Å². The van der Waals surface area contributed by atoms with Crippen LogP contribution in [0.4, 0.5) is 5.69 Å². The summed E-state index contributed by atoms with van der Waals surface area (Å²) in [7, 11) is 3.24. The Kier molecular flexibility index (Phi) is 6.87. The number of hydrogen-bond acceptors (Lipinski definition) is 4. The summed E-state index contributed by atoms with van der Waals surface area (Å²) >= 11 is 0.